The molecule has 1 unspecified atom stereocenters. The zero-order valence-electron chi connectivity index (χ0n) is 19.8. The third-order valence-corrected chi connectivity index (χ3v) is 5.66. The second-order valence-corrected chi connectivity index (χ2v) is 8.33. The Morgan fingerprint density at radius 3 is 2.63 bits per heavy atom. The van der Waals surface area contributed by atoms with E-state index in [-0.39, 0.29) is 17.6 Å². The van der Waals surface area contributed by atoms with E-state index in [1.807, 2.05) is 37.3 Å². The average Bonchev–Trinajstić information content (AvgIpc) is 2.85. The lowest BCUT2D eigenvalue weighted by molar-refractivity contribution is 0.102. The maximum absolute atomic E-state index is 13.2. The van der Waals surface area contributed by atoms with Crippen LogP contribution in [0.5, 0.6) is 5.75 Å². The Labute approximate surface area is 204 Å². The number of ether oxygens (including phenoxy) is 2. The standard InChI is InChI=1S/C25H31N7O3/c1-17(14-26)35-19-6-4-18(5-7-19)20-16-29-24(27)23(30-20)25(33)31-21-15-28-9-8-22(21)32-10-2-12-34-13-3-11-32/h4-9,15-17H,2-3,10-14,26H2,1H3,(H2,27,29)(H,31,33). The van der Waals surface area contributed by atoms with Gasteiger partial charge in [0.05, 0.1) is 29.5 Å². The van der Waals surface area contributed by atoms with Crippen molar-refractivity contribution >= 4 is 23.1 Å². The summed E-state index contributed by atoms with van der Waals surface area (Å²) in [6.45, 7) is 5.43. The minimum atomic E-state index is -0.446. The summed E-state index contributed by atoms with van der Waals surface area (Å²) in [6, 6.07) is 9.26. The maximum Gasteiger partial charge on any atom is 0.278 e. The van der Waals surface area contributed by atoms with Crippen LogP contribution in [-0.2, 0) is 4.74 Å². The predicted molar refractivity (Wildman–Crippen MR) is 135 cm³/mol. The number of nitrogens with one attached hydrogen (secondary N) is 1. The number of hydrogen-bond acceptors (Lipinski definition) is 9. The number of pyridine rings is 1. The van der Waals surface area contributed by atoms with E-state index in [0.29, 0.717) is 23.7 Å². The van der Waals surface area contributed by atoms with E-state index in [1.54, 1.807) is 18.6 Å². The highest BCUT2D eigenvalue weighted by Gasteiger charge is 2.19. The molecule has 3 aromatic rings. The van der Waals surface area contributed by atoms with Gasteiger partial charge < -0.3 is 31.2 Å². The molecular weight excluding hydrogens is 446 g/mol. The van der Waals surface area contributed by atoms with Gasteiger partial charge in [-0.3, -0.25) is 9.78 Å². The van der Waals surface area contributed by atoms with Crippen LogP contribution >= 0.6 is 0 Å². The number of carbonyl (C=O) groups is 1. The van der Waals surface area contributed by atoms with Gasteiger partial charge in [-0.15, -0.1) is 0 Å². The van der Waals surface area contributed by atoms with Gasteiger partial charge in [-0.2, -0.15) is 0 Å². The summed E-state index contributed by atoms with van der Waals surface area (Å²) in [6.07, 6.45) is 6.63. The molecule has 1 amide bonds. The highest BCUT2D eigenvalue weighted by molar-refractivity contribution is 6.07. The molecule has 1 aliphatic rings. The second-order valence-electron chi connectivity index (χ2n) is 8.33. The van der Waals surface area contributed by atoms with Crippen LogP contribution in [0, 0.1) is 0 Å². The number of anilines is 3. The fraction of sp³-hybridized carbons (Fsp3) is 0.360. The molecule has 1 atom stereocenters. The molecule has 0 spiro atoms. The normalized spacial score (nSPS) is 15.1. The lowest BCUT2D eigenvalue weighted by atomic mass is 10.1. The summed E-state index contributed by atoms with van der Waals surface area (Å²) in [5, 5.41) is 2.93. The van der Waals surface area contributed by atoms with Crippen molar-refractivity contribution in [2.45, 2.75) is 25.9 Å². The predicted octanol–water partition coefficient (Wildman–Crippen LogP) is 2.72. The number of nitrogen functional groups attached to an aromatic ring is 1. The molecule has 10 nitrogen and oxygen atoms in total. The molecule has 1 aliphatic heterocycles. The van der Waals surface area contributed by atoms with Gasteiger partial charge in [0.15, 0.2) is 11.5 Å². The number of nitrogens with two attached hydrogens (primary N) is 2. The Hall–Kier alpha value is -3.76. The lowest BCUT2D eigenvalue weighted by Gasteiger charge is -2.28. The number of aromatic nitrogens is 3. The van der Waals surface area contributed by atoms with Crippen LogP contribution < -0.4 is 26.4 Å². The minimum Gasteiger partial charge on any atom is -0.489 e. The van der Waals surface area contributed by atoms with Crippen LogP contribution in [0.4, 0.5) is 17.2 Å². The largest absolute Gasteiger partial charge is 0.489 e. The molecule has 3 heterocycles. The highest BCUT2D eigenvalue weighted by Crippen LogP contribution is 2.27. The van der Waals surface area contributed by atoms with Crippen molar-refractivity contribution < 1.29 is 14.3 Å². The van der Waals surface area contributed by atoms with E-state index in [9.17, 15) is 4.79 Å². The van der Waals surface area contributed by atoms with E-state index < -0.39 is 5.91 Å². The quantitative estimate of drug-likeness (QED) is 0.468. The average molecular weight is 478 g/mol. The van der Waals surface area contributed by atoms with Gasteiger partial charge >= 0.3 is 0 Å². The third kappa shape index (κ3) is 6.23. The van der Waals surface area contributed by atoms with Crippen molar-refractivity contribution in [1.82, 2.24) is 15.0 Å². The van der Waals surface area contributed by atoms with Crippen molar-refractivity contribution in [3.63, 3.8) is 0 Å². The van der Waals surface area contributed by atoms with Crippen molar-refractivity contribution in [1.29, 1.82) is 0 Å². The Bertz CT molecular complexity index is 1130. The van der Waals surface area contributed by atoms with E-state index in [1.165, 1.54) is 0 Å². The minimum absolute atomic E-state index is 0.0513. The lowest BCUT2D eigenvalue weighted by Crippen LogP contribution is -2.30. The molecular formula is C25H31N7O3. The van der Waals surface area contributed by atoms with Crippen LogP contribution in [0.3, 0.4) is 0 Å². The Kier molecular flexibility index (Phi) is 8.07. The number of rotatable bonds is 7. The Morgan fingerprint density at radius 1 is 1.17 bits per heavy atom. The van der Waals surface area contributed by atoms with Crippen LogP contribution in [-0.4, -0.2) is 59.8 Å². The van der Waals surface area contributed by atoms with Gasteiger partial charge in [0, 0.05) is 44.6 Å². The van der Waals surface area contributed by atoms with E-state index in [0.717, 1.165) is 50.4 Å². The first-order chi connectivity index (χ1) is 17.0. The molecule has 0 aliphatic carbocycles. The van der Waals surface area contributed by atoms with Crippen LogP contribution in [0.25, 0.3) is 11.3 Å². The summed E-state index contributed by atoms with van der Waals surface area (Å²) >= 11 is 0. The molecule has 35 heavy (non-hydrogen) atoms. The van der Waals surface area contributed by atoms with Crippen LogP contribution in [0.1, 0.15) is 30.3 Å². The summed E-state index contributed by atoms with van der Waals surface area (Å²) in [5.41, 5.74) is 14.5. The summed E-state index contributed by atoms with van der Waals surface area (Å²) in [7, 11) is 0. The molecule has 184 valence electrons. The van der Waals surface area contributed by atoms with Crippen LogP contribution in [0.2, 0.25) is 0 Å². The maximum atomic E-state index is 13.2. The van der Waals surface area contributed by atoms with Crippen LogP contribution in [0.15, 0.2) is 48.9 Å². The van der Waals surface area contributed by atoms with E-state index in [2.05, 4.69) is 25.2 Å². The van der Waals surface area contributed by atoms with Gasteiger partial charge in [-0.1, -0.05) is 0 Å². The number of hydrogen-bond donors (Lipinski definition) is 3. The smallest absolute Gasteiger partial charge is 0.278 e. The van der Waals surface area contributed by atoms with Crippen molar-refractivity contribution in [2.75, 3.05) is 48.8 Å². The molecule has 4 rings (SSSR count). The fourth-order valence-corrected chi connectivity index (χ4v) is 3.80. The summed E-state index contributed by atoms with van der Waals surface area (Å²) < 4.78 is 11.3. The zero-order valence-corrected chi connectivity index (χ0v) is 19.8. The second kappa shape index (κ2) is 11.6. The topological polar surface area (TPSA) is 142 Å². The van der Waals surface area contributed by atoms with E-state index >= 15 is 0 Å². The first kappa shape index (κ1) is 24.4. The first-order valence-corrected chi connectivity index (χ1v) is 11.7. The summed E-state index contributed by atoms with van der Waals surface area (Å²) in [4.78, 5) is 28.3. The van der Waals surface area contributed by atoms with Gasteiger partial charge in [0.2, 0.25) is 0 Å². The first-order valence-electron chi connectivity index (χ1n) is 11.7. The van der Waals surface area contributed by atoms with Crippen molar-refractivity contribution in [3.05, 3.63) is 54.6 Å². The highest BCUT2D eigenvalue weighted by atomic mass is 16.5. The molecule has 0 radical (unpaired) electrons. The Balaban J connectivity index is 1.53. The number of carbonyl (C=O) groups excluding carboxylic acids is 1. The van der Waals surface area contributed by atoms with Gasteiger partial charge in [0.25, 0.3) is 5.91 Å². The van der Waals surface area contributed by atoms with Gasteiger partial charge in [0.1, 0.15) is 11.9 Å². The zero-order chi connectivity index (χ0) is 24.6. The number of amides is 1. The molecule has 10 heteroatoms. The molecule has 1 saturated heterocycles. The molecule has 5 N–H and O–H groups in total. The molecule has 1 fully saturated rings. The number of nitrogens with zero attached hydrogens (tertiary/aromatic N) is 4. The fourth-order valence-electron chi connectivity index (χ4n) is 3.80. The monoisotopic (exact) mass is 477 g/mol. The van der Waals surface area contributed by atoms with Gasteiger partial charge in [-0.25, -0.2) is 9.97 Å². The van der Waals surface area contributed by atoms with E-state index in [4.69, 9.17) is 20.9 Å². The third-order valence-electron chi connectivity index (χ3n) is 5.66. The van der Waals surface area contributed by atoms with Crippen molar-refractivity contribution in [3.8, 4) is 17.0 Å². The number of benzene rings is 1. The SMILES string of the molecule is CC(CN)Oc1ccc(-c2cnc(N)c(C(=O)Nc3cnccc3N3CCCOCCC3)n2)cc1. The molecule has 0 bridgehead atoms. The Morgan fingerprint density at radius 2 is 1.91 bits per heavy atom. The molecule has 1 aromatic carbocycles. The summed E-state index contributed by atoms with van der Waals surface area (Å²) in [5.74, 6) is 0.308. The van der Waals surface area contributed by atoms with Crippen molar-refractivity contribution in [2.24, 2.45) is 5.73 Å². The molecule has 2 aromatic heterocycles. The molecule has 0 saturated carbocycles. The van der Waals surface area contributed by atoms with Gasteiger partial charge in [-0.05, 0) is 50.1 Å².